The normalized spacial score (nSPS) is 10.8. The Balaban J connectivity index is 1.59. The van der Waals surface area contributed by atoms with E-state index in [0.717, 1.165) is 21.2 Å². The van der Waals surface area contributed by atoms with Crippen molar-refractivity contribution in [1.29, 1.82) is 0 Å². The second-order valence-electron chi connectivity index (χ2n) is 7.27. The fraction of sp³-hybridized carbons (Fsp3) is 0.160. The van der Waals surface area contributed by atoms with Gasteiger partial charge in [-0.25, -0.2) is 4.98 Å². The minimum Gasteiger partial charge on any atom is -0.345 e. The summed E-state index contributed by atoms with van der Waals surface area (Å²) in [6, 6.07) is 24.5. The molecule has 0 saturated carbocycles. The lowest BCUT2D eigenvalue weighted by atomic mass is 10.2. The SMILES string of the molecule is CCN(C(=O)Cn1c(CNC(=O)c2cccc(Br)c2)nc2ccccc21)c1ccccc1. The Bertz CT molecular complexity index is 1250. The van der Waals surface area contributed by atoms with Gasteiger partial charge in [0.25, 0.3) is 5.91 Å². The van der Waals surface area contributed by atoms with Gasteiger partial charge < -0.3 is 14.8 Å². The molecule has 4 aromatic rings. The largest absolute Gasteiger partial charge is 0.345 e. The summed E-state index contributed by atoms with van der Waals surface area (Å²) in [5.41, 5.74) is 3.06. The topological polar surface area (TPSA) is 67.2 Å². The maximum absolute atomic E-state index is 13.2. The molecule has 1 heterocycles. The van der Waals surface area contributed by atoms with Crippen molar-refractivity contribution < 1.29 is 9.59 Å². The highest BCUT2D eigenvalue weighted by Gasteiger charge is 2.19. The second-order valence-corrected chi connectivity index (χ2v) is 8.19. The summed E-state index contributed by atoms with van der Waals surface area (Å²) >= 11 is 3.39. The molecule has 0 aliphatic rings. The van der Waals surface area contributed by atoms with Gasteiger partial charge in [0.2, 0.25) is 5.91 Å². The smallest absolute Gasteiger partial charge is 0.251 e. The van der Waals surface area contributed by atoms with Crippen molar-refractivity contribution in [3.05, 3.63) is 94.7 Å². The molecule has 1 N–H and O–H groups in total. The number of anilines is 1. The third kappa shape index (κ3) is 4.73. The van der Waals surface area contributed by atoms with E-state index in [1.807, 2.05) is 78.2 Å². The first-order valence-electron chi connectivity index (χ1n) is 10.4. The molecule has 1 aromatic heterocycles. The zero-order chi connectivity index (χ0) is 22.5. The van der Waals surface area contributed by atoms with Crippen molar-refractivity contribution in [3.8, 4) is 0 Å². The fourth-order valence-electron chi connectivity index (χ4n) is 3.66. The van der Waals surface area contributed by atoms with Crippen LogP contribution in [0.15, 0.2) is 83.3 Å². The van der Waals surface area contributed by atoms with Gasteiger partial charge in [0.1, 0.15) is 12.4 Å². The van der Waals surface area contributed by atoms with E-state index in [0.29, 0.717) is 17.9 Å². The van der Waals surface area contributed by atoms with Gasteiger partial charge >= 0.3 is 0 Å². The Morgan fingerprint density at radius 3 is 2.50 bits per heavy atom. The van der Waals surface area contributed by atoms with Crippen LogP contribution in [0, 0.1) is 0 Å². The van der Waals surface area contributed by atoms with Crippen molar-refractivity contribution >= 4 is 44.5 Å². The van der Waals surface area contributed by atoms with Crippen LogP contribution in [0.4, 0.5) is 5.69 Å². The number of carbonyl (C=O) groups is 2. The van der Waals surface area contributed by atoms with Gasteiger partial charge in [0.05, 0.1) is 17.6 Å². The molecule has 4 rings (SSSR count). The van der Waals surface area contributed by atoms with Gasteiger partial charge in [-0.15, -0.1) is 0 Å². The molecule has 0 saturated heterocycles. The van der Waals surface area contributed by atoms with Crippen LogP contribution in [0.1, 0.15) is 23.1 Å². The summed E-state index contributed by atoms with van der Waals surface area (Å²) in [5.74, 6) is 0.393. The minimum atomic E-state index is -0.198. The molecule has 0 aliphatic carbocycles. The number of aromatic nitrogens is 2. The van der Waals surface area contributed by atoms with E-state index < -0.39 is 0 Å². The molecule has 0 spiro atoms. The number of rotatable bonds is 7. The van der Waals surface area contributed by atoms with Crippen molar-refractivity contribution in [1.82, 2.24) is 14.9 Å². The number of nitrogens with zero attached hydrogens (tertiary/aromatic N) is 3. The zero-order valence-electron chi connectivity index (χ0n) is 17.7. The van der Waals surface area contributed by atoms with Crippen molar-refractivity contribution in [3.63, 3.8) is 0 Å². The number of para-hydroxylation sites is 3. The van der Waals surface area contributed by atoms with Gasteiger partial charge in [-0.05, 0) is 49.4 Å². The Hall–Kier alpha value is -3.45. The highest BCUT2D eigenvalue weighted by atomic mass is 79.9. The number of halogens is 1. The van der Waals surface area contributed by atoms with E-state index >= 15 is 0 Å². The number of likely N-dealkylation sites (N-methyl/N-ethyl adjacent to an activating group) is 1. The van der Waals surface area contributed by atoms with Crippen LogP contribution < -0.4 is 10.2 Å². The number of fused-ring (bicyclic) bond motifs is 1. The number of amides is 2. The van der Waals surface area contributed by atoms with Gasteiger partial charge in [-0.3, -0.25) is 9.59 Å². The maximum Gasteiger partial charge on any atom is 0.251 e. The monoisotopic (exact) mass is 490 g/mol. The molecule has 0 unspecified atom stereocenters. The molecule has 0 aliphatic heterocycles. The molecule has 6 nitrogen and oxygen atoms in total. The lowest BCUT2D eigenvalue weighted by Crippen LogP contribution is -2.34. The summed E-state index contributed by atoms with van der Waals surface area (Å²) in [6.45, 7) is 2.86. The number of benzene rings is 3. The van der Waals surface area contributed by atoms with Crippen LogP contribution in [-0.2, 0) is 17.9 Å². The average molecular weight is 491 g/mol. The van der Waals surface area contributed by atoms with Crippen molar-refractivity contribution in [2.24, 2.45) is 0 Å². The molecule has 0 atom stereocenters. The first-order chi connectivity index (χ1) is 15.6. The van der Waals surface area contributed by atoms with Crippen LogP contribution in [0.3, 0.4) is 0 Å². The van der Waals surface area contributed by atoms with E-state index in [1.165, 1.54) is 0 Å². The van der Waals surface area contributed by atoms with Gasteiger partial charge in [0, 0.05) is 22.3 Å². The molecule has 3 aromatic carbocycles. The lowest BCUT2D eigenvalue weighted by molar-refractivity contribution is -0.119. The van der Waals surface area contributed by atoms with Gasteiger partial charge in [0.15, 0.2) is 0 Å². The van der Waals surface area contributed by atoms with E-state index in [1.54, 1.807) is 17.0 Å². The Morgan fingerprint density at radius 1 is 1.00 bits per heavy atom. The standard InChI is InChI=1S/C25H23BrN4O2/c1-2-29(20-11-4-3-5-12-20)24(31)17-30-22-14-7-6-13-21(22)28-23(30)16-27-25(32)18-9-8-10-19(26)15-18/h3-15H,2,16-17H2,1H3,(H,27,32). The molecular weight excluding hydrogens is 468 g/mol. The van der Waals surface area contributed by atoms with Gasteiger partial charge in [-0.2, -0.15) is 0 Å². The number of nitrogens with one attached hydrogen (secondary N) is 1. The Kier molecular flexibility index (Phi) is 6.66. The predicted molar refractivity (Wildman–Crippen MR) is 130 cm³/mol. The summed E-state index contributed by atoms with van der Waals surface area (Å²) in [4.78, 5) is 32.3. The number of hydrogen-bond donors (Lipinski definition) is 1. The third-order valence-electron chi connectivity index (χ3n) is 5.21. The molecule has 162 valence electrons. The summed E-state index contributed by atoms with van der Waals surface area (Å²) < 4.78 is 2.72. The summed E-state index contributed by atoms with van der Waals surface area (Å²) in [5, 5.41) is 2.92. The number of hydrogen-bond acceptors (Lipinski definition) is 3. The van der Waals surface area contributed by atoms with Crippen molar-refractivity contribution in [2.75, 3.05) is 11.4 Å². The molecule has 0 radical (unpaired) electrons. The van der Waals surface area contributed by atoms with Crippen LogP contribution >= 0.6 is 15.9 Å². The fourth-order valence-corrected chi connectivity index (χ4v) is 4.06. The first-order valence-corrected chi connectivity index (χ1v) is 11.2. The van der Waals surface area contributed by atoms with Crippen LogP contribution in [-0.4, -0.2) is 27.9 Å². The molecule has 0 bridgehead atoms. The number of carbonyl (C=O) groups excluding carboxylic acids is 2. The van der Waals surface area contributed by atoms with Gasteiger partial charge in [-0.1, -0.05) is 52.3 Å². The maximum atomic E-state index is 13.2. The van der Waals surface area contributed by atoms with Crippen LogP contribution in [0.25, 0.3) is 11.0 Å². The molecule has 32 heavy (non-hydrogen) atoms. The van der Waals surface area contributed by atoms with E-state index in [2.05, 4.69) is 26.2 Å². The van der Waals surface area contributed by atoms with Crippen molar-refractivity contribution in [2.45, 2.75) is 20.0 Å². The summed E-state index contributed by atoms with van der Waals surface area (Å²) in [6.07, 6.45) is 0. The molecule has 0 fully saturated rings. The third-order valence-corrected chi connectivity index (χ3v) is 5.70. The summed E-state index contributed by atoms with van der Waals surface area (Å²) in [7, 11) is 0. The van der Waals surface area contributed by atoms with E-state index in [-0.39, 0.29) is 24.9 Å². The van der Waals surface area contributed by atoms with E-state index in [9.17, 15) is 9.59 Å². The molecule has 7 heteroatoms. The lowest BCUT2D eigenvalue weighted by Gasteiger charge is -2.22. The highest BCUT2D eigenvalue weighted by molar-refractivity contribution is 9.10. The van der Waals surface area contributed by atoms with E-state index in [4.69, 9.17) is 0 Å². The zero-order valence-corrected chi connectivity index (χ0v) is 19.2. The van der Waals surface area contributed by atoms with Crippen LogP contribution in [0.5, 0.6) is 0 Å². The Morgan fingerprint density at radius 2 is 1.75 bits per heavy atom. The highest BCUT2D eigenvalue weighted by Crippen LogP contribution is 2.19. The predicted octanol–water partition coefficient (Wildman–Crippen LogP) is 4.78. The first kappa shape index (κ1) is 21.8. The molecular formula is C25H23BrN4O2. The number of imidazole rings is 1. The Labute approximate surface area is 195 Å². The minimum absolute atomic E-state index is 0.0404. The average Bonchev–Trinajstić information content (AvgIpc) is 3.16. The van der Waals surface area contributed by atoms with Crippen LogP contribution in [0.2, 0.25) is 0 Å². The quantitative estimate of drug-likeness (QED) is 0.405. The second kappa shape index (κ2) is 9.78. The molecule has 2 amide bonds.